The summed E-state index contributed by atoms with van der Waals surface area (Å²) in [6.45, 7) is 0. The van der Waals surface area contributed by atoms with E-state index in [9.17, 15) is 4.79 Å². The zero-order valence-corrected chi connectivity index (χ0v) is 7.23. The first kappa shape index (κ1) is 9.25. The van der Waals surface area contributed by atoms with Crippen molar-refractivity contribution >= 4 is 17.7 Å². The SMILES string of the molecule is COC(=O)C=Cc1ccncc1N. The number of pyridine rings is 1. The van der Waals surface area contributed by atoms with Crippen LogP contribution in [0.3, 0.4) is 0 Å². The van der Waals surface area contributed by atoms with Crippen LogP contribution in [-0.4, -0.2) is 18.1 Å². The van der Waals surface area contributed by atoms with E-state index in [-0.39, 0.29) is 0 Å². The molecule has 2 N–H and O–H groups in total. The average Bonchev–Trinajstić information content (AvgIpc) is 2.16. The maximum atomic E-state index is 10.7. The predicted octanol–water partition coefficient (Wildman–Crippen LogP) is 0.850. The van der Waals surface area contributed by atoms with Gasteiger partial charge in [0.15, 0.2) is 0 Å². The molecule has 0 radical (unpaired) electrons. The molecule has 68 valence electrons. The van der Waals surface area contributed by atoms with Crippen molar-refractivity contribution in [3.05, 3.63) is 30.1 Å². The van der Waals surface area contributed by atoms with E-state index in [4.69, 9.17) is 5.73 Å². The Labute approximate surface area is 76.0 Å². The summed E-state index contributed by atoms with van der Waals surface area (Å²) in [5.41, 5.74) is 6.86. The summed E-state index contributed by atoms with van der Waals surface area (Å²) in [5, 5.41) is 0. The number of ether oxygens (including phenoxy) is 1. The minimum absolute atomic E-state index is 0.406. The first-order chi connectivity index (χ1) is 6.24. The highest BCUT2D eigenvalue weighted by Gasteiger charge is 1.95. The van der Waals surface area contributed by atoms with E-state index in [0.717, 1.165) is 5.56 Å². The largest absolute Gasteiger partial charge is 0.466 e. The molecule has 0 atom stereocenters. The fourth-order valence-electron chi connectivity index (χ4n) is 0.795. The molecule has 1 aromatic heterocycles. The van der Waals surface area contributed by atoms with Crippen LogP contribution < -0.4 is 5.73 Å². The van der Waals surface area contributed by atoms with Gasteiger partial charge >= 0.3 is 5.97 Å². The van der Waals surface area contributed by atoms with Crippen molar-refractivity contribution in [2.45, 2.75) is 0 Å². The molecule has 4 nitrogen and oxygen atoms in total. The van der Waals surface area contributed by atoms with Crippen LogP contribution in [0.2, 0.25) is 0 Å². The van der Waals surface area contributed by atoms with E-state index >= 15 is 0 Å². The van der Waals surface area contributed by atoms with Crippen molar-refractivity contribution in [1.82, 2.24) is 4.98 Å². The molecule has 4 heteroatoms. The Balaban J connectivity index is 2.80. The lowest BCUT2D eigenvalue weighted by Crippen LogP contribution is -1.94. The number of carbonyl (C=O) groups excluding carboxylic acids is 1. The normalized spacial score (nSPS) is 10.2. The summed E-state index contributed by atoms with van der Waals surface area (Å²) < 4.78 is 4.43. The van der Waals surface area contributed by atoms with Gasteiger partial charge in [-0.25, -0.2) is 4.79 Å². The molecule has 0 aliphatic carbocycles. The van der Waals surface area contributed by atoms with Crippen LogP contribution in [0, 0.1) is 0 Å². The highest BCUT2D eigenvalue weighted by Crippen LogP contribution is 2.10. The van der Waals surface area contributed by atoms with Gasteiger partial charge in [-0.05, 0) is 12.1 Å². The first-order valence-electron chi connectivity index (χ1n) is 3.69. The number of methoxy groups -OCH3 is 1. The van der Waals surface area contributed by atoms with Crippen molar-refractivity contribution in [2.75, 3.05) is 12.8 Å². The van der Waals surface area contributed by atoms with Gasteiger partial charge in [0.25, 0.3) is 0 Å². The van der Waals surface area contributed by atoms with Crippen LogP contribution in [0.15, 0.2) is 24.5 Å². The second-order valence-electron chi connectivity index (χ2n) is 2.36. The molecule has 1 rings (SSSR count). The molecule has 13 heavy (non-hydrogen) atoms. The Hall–Kier alpha value is -1.84. The fraction of sp³-hybridized carbons (Fsp3) is 0.111. The summed E-state index contributed by atoms with van der Waals surface area (Å²) in [4.78, 5) is 14.5. The molecule has 1 aromatic rings. The number of anilines is 1. The zero-order chi connectivity index (χ0) is 9.68. The molecule has 0 aromatic carbocycles. The van der Waals surface area contributed by atoms with Gasteiger partial charge < -0.3 is 10.5 Å². The number of rotatable bonds is 2. The average molecular weight is 178 g/mol. The smallest absolute Gasteiger partial charge is 0.330 e. The van der Waals surface area contributed by atoms with Gasteiger partial charge in [-0.3, -0.25) is 4.98 Å². The Morgan fingerprint density at radius 1 is 1.69 bits per heavy atom. The lowest BCUT2D eigenvalue weighted by Gasteiger charge is -1.96. The summed E-state index contributed by atoms with van der Waals surface area (Å²) in [7, 11) is 1.32. The van der Waals surface area contributed by atoms with Gasteiger partial charge in [0.05, 0.1) is 19.0 Å². The van der Waals surface area contributed by atoms with Gasteiger partial charge in [-0.2, -0.15) is 0 Å². The highest BCUT2D eigenvalue weighted by molar-refractivity contribution is 5.87. The van der Waals surface area contributed by atoms with E-state index in [2.05, 4.69) is 9.72 Å². The molecule has 0 bridgehead atoms. The fourth-order valence-corrected chi connectivity index (χ4v) is 0.795. The molecule has 0 aliphatic rings. The number of hydrogen-bond donors (Lipinski definition) is 1. The lowest BCUT2D eigenvalue weighted by atomic mass is 10.2. The Morgan fingerprint density at radius 2 is 2.46 bits per heavy atom. The third-order valence-corrected chi connectivity index (χ3v) is 1.49. The molecule has 0 saturated carbocycles. The Morgan fingerprint density at radius 3 is 3.08 bits per heavy atom. The Bertz CT molecular complexity index is 334. The van der Waals surface area contributed by atoms with Crippen molar-refractivity contribution < 1.29 is 9.53 Å². The molecule has 0 amide bonds. The third kappa shape index (κ3) is 2.59. The van der Waals surface area contributed by atoms with Crippen molar-refractivity contribution in [3.8, 4) is 0 Å². The second kappa shape index (κ2) is 4.25. The van der Waals surface area contributed by atoms with Gasteiger partial charge in [0.1, 0.15) is 0 Å². The number of aromatic nitrogens is 1. The number of carbonyl (C=O) groups is 1. The van der Waals surface area contributed by atoms with Crippen molar-refractivity contribution in [2.24, 2.45) is 0 Å². The maximum Gasteiger partial charge on any atom is 0.330 e. The molecule has 1 heterocycles. The van der Waals surface area contributed by atoms with Gasteiger partial charge in [-0.1, -0.05) is 0 Å². The van der Waals surface area contributed by atoms with E-state index in [0.29, 0.717) is 5.69 Å². The van der Waals surface area contributed by atoms with E-state index in [1.807, 2.05) is 0 Å². The summed E-state index contributed by atoms with van der Waals surface area (Å²) in [5.74, 6) is -0.406. The van der Waals surface area contributed by atoms with E-state index < -0.39 is 5.97 Å². The summed E-state index contributed by atoms with van der Waals surface area (Å²) >= 11 is 0. The number of hydrogen-bond acceptors (Lipinski definition) is 4. The van der Waals surface area contributed by atoms with Crippen LogP contribution in [0.1, 0.15) is 5.56 Å². The van der Waals surface area contributed by atoms with Gasteiger partial charge in [0.2, 0.25) is 0 Å². The van der Waals surface area contributed by atoms with E-state index in [1.165, 1.54) is 19.4 Å². The quantitative estimate of drug-likeness (QED) is 0.538. The monoisotopic (exact) mass is 178 g/mol. The van der Waals surface area contributed by atoms with Gasteiger partial charge in [0, 0.05) is 17.8 Å². The molecule has 0 spiro atoms. The van der Waals surface area contributed by atoms with Crippen molar-refractivity contribution in [1.29, 1.82) is 0 Å². The number of nitrogens with zero attached hydrogens (tertiary/aromatic N) is 1. The number of nitrogens with two attached hydrogens (primary N) is 1. The number of nitrogen functional groups attached to an aromatic ring is 1. The van der Waals surface area contributed by atoms with Gasteiger partial charge in [-0.15, -0.1) is 0 Å². The van der Waals surface area contributed by atoms with Crippen LogP contribution >= 0.6 is 0 Å². The standard InChI is InChI=1S/C9H10N2O2/c1-13-9(12)3-2-7-4-5-11-6-8(7)10/h2-6H,10H2,1H3. The lowest BCUT2D eigenvalue weighted by molar-refractivity contribution is -0.134. The van der Waals surface area contributed by atoms with Crippen molar-refractivity contribution in [3.63, 3.8) is 0 Å². The number of esters is 1. The molecule has 0 unspecified atom stereocenters. The topological polar surface area (TPSA) is 65.2 Å². The minimum Gasteiger partial charge on any atom is -0.466 e. The maximum absolute atomic E-state index is 10.7. The summed E-state index contributed by atoms with van der Waals surface area (Å²) in [6, 6.07) is 1.72. The molecule has 0 saturated heterocycles. The summed E-state index contributed by atoms with van der Waals surface area (Å²) in [6.07, 6.45) is 6.03. The molecule has 0 fully saturated rings. The predicted molar refractivity (Wildman–Crippen MR) is 49.7 cm³/mol. The van der Waals surface area contributed by atoms with Crippen LogP contribution in [0.5, 0.6) is 0 Å². The van der Waals surface area contributed by atoms with Crippen LogP contribution in [0.25, 0.3) is 6.08 Å². The first-order valence-corrected chi connectivity index (χ1v) is 3.69. The van der Waals surface area contributed by atoms with Crippen LogP contribution in [0.4, 0.5) is 5.69 Å². The molecular formula is C9H10N2O2. The highest BCUT2D eigenvalue weighted by atomic mass is 16.5. The zero-order valence-electron chi connectivity index (χ0n) is 7.23. The third-order valence-electron chi connectivity index (χ3n) is 1.49. The molecular weight excluding hydrogens is 168 g/mol. The Kier molecular flexibility index (Phi) is 3.03. The molecule has 0 aliphatic heterocycles. The van der Waals surface area contributed by atoms with Crippen LogP contribution in [-0.2, 0) is 9.53 Å². The second-order valence-corrected chi connectivity index (χ2v) is 2.36. The minimum atomic E-state index is -0.406. The van der Waals surface area contributed by atoms with E-state index in [1.54, 1.807) is 18.3 Å².